The largest absolute Gasteiger partial charge is 0.352 e. The van der Waals surface area contributed by atoms with Gasteiger partial charge < -0.3 is 10.2 Å². The second-order valence-corrected chi connectivity index (χ2v) is 5.11. The van der Waals surface area contributed by atoms with Crippen molar-refractivity contribution in [2.75, 3.05) is 24.5 Å². The Morgan fingerprint density at radius 3 is 3.00 bits per heavy atom. The number of rotatable bonds is 3. The number of anilines is 1. The Hall–Kier alpha value is -0.610. The van der Waals surface area contributed by atoms with E-state index in [1.165, 1.54) is 12.0 Å². The third-order valence-corrected chi connectivity index (χ3v) is 3.63. The first-order valence-electron chi connectivity index (χ1n) is 5.82. The minimum Gasteiger partial charge on any atom is -0.352 e. The molecule has 1 aliphatic heterocycles. The van der Waals surface area contributed by atoms with Crippen LogP contribution in [0, 0.1) is 6.92 Å². The number of likely N-dealkylation sites (N-methyl/N-ethyl adjacent to an activating group) is 1. The first-order chi connectivity index (χ1) is 7.72. The fourth-order valence-electron chi connectivity index (χ4n) is 2.22. The molecule has 0 spiro atoms. The van der Waals surface area contributed by atoms with Crippen LogP contribution in [0.3, 0.4) is 0 Å². The number of nitrogens with one attached hydrogen (secondary N) is 1. The van der Waals surface area contributed by atoms with Gasteiger partial charge in [-0.15, -0.1) is 0 Å². The van der Waals surface area contributed by atoms with Crippen molar-refractivity contribution < 1.29 is 0 Å². The van der Waals surface area contributed by atoms with Crippen molar-refractivity contribution in [1.29, 1.82) is 0 Å². The molecule has 0 aromatic carbocycles. The van der Waals surface area contributed by atoms with Crippen LogP contribution in [0.1, 0.15) is 18.9 Å². The average molecular weight is 284 g/mol. The summed E-state index contributed by atoms with van der Waals surface area (Å²) in [7, 11) is 0. The van der Waals surface area contributed by atoms with Gasteiger partial charge in [-0.25, -0.2) is 4.98 Å². The third kappa shape index (κ3) is 2.38. The number of halogens is 1. The molecule has 1 aliphatic rings. The number of hydrogen-bond donors (Lipinski definition) is 1. The Balaban J connectivity index is 2.25. The standard InChI is InChI=1S/C12H18BrN3/c1-3-16(10-4-5-14-8-10)12-11(13)6-9(2)7-15-12/h6-7,10,14H,3-5,8H2,1-2H3. The fraction of sp³-hybridized carbons (Fsp3) is 0.583. The highest BCUT2D eigenvalue weighted by Crippen LogP contribution is 2.27. The van der Waals surface area contributed by atoms with E-state index in [9.17, 15) is 0 Å². The lowest BCUT2D eigenvalue weighted by molar-refractivity contribution is 0.639. The first-order valence-corrected chi connectivity index (χ1v) is 6.61. The molecule has 2 rings (SSSR count). The van der Waals surface area contributed by atoms with Crippen molar-refractivity contribution in [2.24, 2.45) is 0 Å². The van der Waals surface area contributed by atoms with Gasteiger partial charge in [-0.1, -0.05) is 0 Å². The van der Waals surface area contributed by atoms with Crippen LogP contribution in [0.4, 0.5) is 5.82 Å². The average Bonchev–Trinajstić information content (AvgIpc) is 2.75. The van der Waals surface area contributed by atoms with E-state index in [-0.39, 0.29) is 0 Å². The Morgan fingerprint density at radius 1 is 1.62 bits per heavy atom. The highest BCUT2D eigenvalue weighted by Gasteiger charge is 2.23. The van der Waals surface area contributed by atoms with E-state index in [4.69, 9.17) is 0 Å². The Bertz CT molecular complexity index is 361. The molecule has 0 bridgehead atoms. The number of aryl methyl sites for hydroxylation is 1. The lowest BCUT2D eigenvalue weighted by atomic mass is 10.2. The van der Waals surface area contributed by atoms with Gasteiger partial charge in [0.15, 0.2) is 0 Å². The molecular weight excluding hydrogens is 266 g/mol. The smallest absolute Gasteiger partial charge is 0.143 e. The summed E-state index contributed by atoms with van der Waals surface area (Å²) in [4.78, 5) is 6.92. The third-order valence-electron chi connectivity index (χ3n) is 3.05. The lowest BCUT2D eigenvalue weighted by Crippen LogP contribution is -2.37. The van der Waals surface area contributed by atoms with Gasteiger partial charge in [0.25, 0.3) is 0 Å². The molecule has 1 aromatic heterocycles. The van der Waals surface area contributed by atoms with Crippen molar-refractivity contribution in [3.8, 4) is 0 Å². The second kappa shape index (κ2) is 5.15. The zero-order valence-corrected chi connectivity index (χ0v) is 11.4. The maximum absolute atomic E-state index is 4.54. The van der Waals surface area contributed by atoms with Crippen molar-refractivity contribution in [3.05, 3.63) is 22.3 Å². The molecule has 88 valence electrons. The van der Waals surface area contributed by atoms with E-state index >= 15 is 0 Å². The predicted molar refractivity (Wildman–Crippen MR) is 71.0 cm³/mol. The van der Waals surface area contributed by atoms with Gasteiger partial charge in [-0.05, 0) is 54.4 Å². The number of nitrogens with zero attached hydrogens (tertiary/aromatic N) is 2. The minimum atomic E-state index is 0.580. The van der Waals surface area contributed by atoms with Gasteiger partial charge in [0.05, 0.1) is 4.47 Å². The molecule has 3 nitrogen and oxygen atoms in total. The number of hydrogen-bond acceptors (Lipinski definition) is 3. The van der Waals surface area contributed by atoms with Gasteiger partial charge in [0, 0.05) is 25.3 Å². The molecule has 2 heterocycles. The fourth-order valence-corrected chi connectivity index (χ4v) is 2.92. The summed E-state index contributed by atoms with van der Waals surface area (Å²) < 4.78 is 1.10. The van der Waals surface area contributed by atoms with Gasteiger partial charge in [-0.3, -0.25) is 0 Å². The van der Waals surface area contributed by atoms with E-state index in [0.29, 0.717) is 6.04 Å². The molecular formula is C12H18BrN3. The predicted octanol–water partition coefficient (Wildman–Crippen LogP) is 2.34. The highest BCUT2D eigenvalue weighted by molar-refractivity contribution is 9.10. The monoisotopic (exact) mass is 283 g/mol. The summed E-state index contributed by atoms with van der Waals surface area (Å²) in [6.07, 6.45) is 3.14. The quantitative estimate of drug-likeness (QED) is 0.923. The van der Waals surface area contributed by atoms with Crippen LogP contribution in [-0.4, -0.2) is 30.7 Å². The van der Waals surface area contributed by atoms with Gasteiger partial charge in [0.2, 0.25) is 0 Å². The Morgan fingerprint density at radius 2 is 2.44 bits per heavy atom. The van der Waals surface area contributed by atoms with E-state index in [2.05, 4.69) is 51.0 Å². The second-order valence-electron chi connectivity index (χ2n) is 4.25. The van der Waals surface area contributed by atoms with E-state index in [0.717, 1.165) is 29.9 Å². The van der Waals surface area contributed by atoms with Crippen molar-refractivity contribution >= 4 is 21.7 Å². The molecule has 4 heteroatoms. The molecule has 1 N–H and O–H groups in total. The Labute approximate surface area is 105 Å². The van der Waals surface area contributed by atoms with Crippen molar-refractivity contribution in [3.63, 3.8) is 0 Å². The summed E-state index contributed by atoms with van der Waals surface area (Å²) in [5, 5.41) is 3.40. The van der Waals surface area contributed by atoms with Gasteiger partial charge in [0.1, 0.15) is 5.82 Å². The summed E-state index contributed by atoms with van der Waals surface area (Å²) in [5.41, 5.74) is 1.19. The molecule has 0 aliphatic carbocycles. The zero-order valence-electron chi connectivity index (χ0n) is 9.83. The zero-order chi connectivity index (χ0) is 11.5. The highest BCUT2D eigenvalue weighted by atomic mass is 79.9. The van der Waals surface area contributed by atoms with E-state index < -0.39 is 0 Å². The topological polar surface area (TPSA) is 28.2 Å². The van der Waals surface area contributed by atoms with Crippen LogP contribution in [-0.2, 0) is 0 Å². The van der Waals surface area contributed by atoms with E-state index in [1.807, 2.05) is 6.20 Å². The molecule has 1 aromatic rings. The van der Waals surface area contributed by atoms with Crippen LogP contribution in [0.2, 0.25) is 0 Å². The van der Waals surface area contributed by atoms with Crippen LogP contribution in [0.15, 0.2) is 16.7 Å². The molecule has 1 saturated heterocycles. The van der Waals surface area contributed by atoms with E-state index in [1.54, 1.807) is 0 Å². The number of aromatic nitrogens is 1. The van der Waals surface area contributed by atoms with Crippen LogP contribution < -0.4 is 10.2 Å². The Kier molecular flexibility index (Phi) is 3.82. The summed E-state index contributed by atoms with van der Waals surface area (Å²) in [6.45, 7) is 7.43. The molecule has 1 fully saturated rings. The lowest BCUT2D eigenvalue weighted by Gasteiger charge is -2.29. The molecule has 0 saturated carbocycles. The van der Waals surface area contributed by atoms with Crippen molar-refractivity contribution in [2.45, 2.75) is 26.3 Å². The minimum absolute atomic E-state index is 0.580. The van der Waals surface area contributed by atoms with Crippen molar-refractivity contribution in [1.82, 2.24) is 10.3 Å². The maximum Gasteiger partial charge on any atom is 0.143 e. The van der Waals surface area contributed by atoms with Gasteiger partial charge >= 0.3 is 0 Å². The maximum atomic E-state index is 4.54. The summed E-state index contributed by atoms with van der Waals surface area (Å²) in [5.74, 6) is 1.07. The molecule has 1 atom stereocenters. The summed E-state index contributed by atoms with van der Waals surface area (Å²) in [6, 6.07) is 2.71. The molecule has 16 heavy (non-hydrogen) atoms. The first kappa shape index (κ1) is 11.9. The SMILES string of the molecule is CCN(c1ncc(C)cc1Br)C1CCNC1. The molecule has 1 unspecified atom stereocenters. The van der Waals surface area contributed by atoms with Crippen LogP contribution >= 0.6 is 15.9 Å². The molecule has 0 radical (unpaired) electrons. The number of pyridine rings is 1. The molecule has 0 amide bonds. The van der Waals surface area contributed by atoms with Crippen LogP contribution in [0.25, 0.3) is 0 Å². The van der Waals surface area contributed by atoms with Crippen LogP contribution in [0.5, 0.6) is 0 Å². The summed E-state index contributed by atoms with van der Waals surface area (Å²) >= 11 is 3.61. The normalized spacial score (nSPS) is 20.1. The van der Waals surface area contributed by atoms with Gasteiger partial charge in [-0.2, -0.15) is 0 Å².